The molecule has 0 radical (unpaired) electrons. The minimum absolute atomic E-state index is 0.0806. The van der Waals surface area contributed by atoms with Crippen molar-refractivity contribution in [1.82, 2.24) is 9.80 Å². The van der Waals surface area contributed by atoms with Crippen LogP contribution in [-0.2, 0) is 9.47 Å². The highest BCUT2D eigenvalue weighted by Crippen LogP contribution is 2.41. The number of hydrogen-bond donors (Lipinski definition) is 0. The van der Waals surface area contributed by atoms with Crippen LogP contribution in [0.15, 0.2) is 0 Å². The molecule has 0 bridgehead atoms. The number of urea groups is 1. The zero-order valence-corrected chi connectivity index (χ0v) is 11.6. The van der Waals surface area contributed by atoms with Gasteiger partial charge in [-0.25, -0.2) is 4.79 Å². The van der Waals surface area contributed by atoms with Gasteiger partial charge in [0, 0.05) is 33.9 Å². The molecule has 5 heteroatoms. The molecular formula is C13H24N2O3. The Balaban J connectivity index is 1.84. The maximum absolute atomic E-state index is 11.8. The zero-order valence-electron chi connectivity index (χ0n) is 11.6. The van der Waals surface area contributed by atoms with Gasteiger partial charge in [0.05, 0.1) is 13.1 Å². The van der Waals surface area contributed by atoms with E-state index in [4.69, 9.17) is 9.47 Å². The molecule has 18 heavy (non-hydrogen) atoms. The Labute approximate surface area is 109 Å². The van der Waals surface area contributed by atoms with Gasteiger partial charge in [-0.1, -0.05) is 0 Å². The van der Waals surface area contributed by atoms with Crippen molar-refractivity contribution in [3.63, 3.8) is 0 Å². The average molecular weight is 256 g/mol. The lowest BCUT2D eigenvalue weighted by Gasteiger charge is -2.50. The van der Waals surface area contributed by atoms with E-state index >= 15 is 0 Å². The molecule has 0 N–H and O–H groups in total. The lowest BCUT2D eigenvalue weighted by molar-refractivity contribution is -0.120. The second kappa shape index (κ2) is 5.45. The molecule has 1 atom stereocenters. The van der Waals surface area contributed by atoms with Gasteiger partial charge in [0.1, 0.15) is 5.60 Å². The van der Waals surface area contributed by atoms with Crippen molar-refractivity contribution in [2.45, 2.75) is 25.4 Å². The highest BCUT2D eigenvalue weighted by Gasteiger charge is 2.54. The summed E-state index contributed by atoms with van der Waals surface area (Å²) in [7, 11) is 3.57. The fraction of sp³-hybridized carbons (Fsp3) is 0.923. The molecule has 0 aromatic carbocycles. The van der Waals surface area contributed by atoms with Gasteiger partial charge >= 0.3 is 6.03 Å². The van der Waals surface area contributed by atoms with Crippen molar-refractivity contribution >= 4 is 6.03 Å². The van der Waals surface area contributed by atoms with Crippen LogP contribution in [0, 0.1) is 5.92 Å². The minimum atomic E-state index is -0.0806. The van der Waals surface area contributed by atoms with E-state index in [1.165, 1.54) is 0 Å². The fourth-order valence-corrected chi connectivity index (χ4v) is 2.93. The first-order valence-corrected chi connectivity index (χ1v) is 6.77. The first-order valence-electron chi connectivity index (χ1n) is 6.77. The predicted molar refractivity (Wildman–Crippen MR) is 68.6 cm³/mol. The first kappa shape index (κ1) is 13.6. The van der Waals surface area contributed by atoms with E-state index in [1.807, 2.05) is 11.8 Å². The summed E-state index contributed by atoms with van der Waals surface area (Å²) in [4.78, 5) is 15.3. The number of carbonyl (C=O) groups is 1. The van der Waals surface area contributed by atoms with E-state index in [9.17, 15) is 4.79 Å². The quantitative estimate of drug-likeness (QED) is 0.709. The summed E-state index contributed by atoms with van der Waals surface area (Å²) in [5, 5.41) is 0. The van der Waals surface area contributed by atoms with Crippen LogP contribution < -0.4 is 0 Å². The number of hydrogen-bond acceptors (Lipinski definition) is 3. The third kappa shape index (κ3) is 2.47. The molecule has 1 spiro atoms. The number of ether oxygens (including phenoxy) is 2. The van der Waals surface area contributed by atoms with Gasteiger partial charge in [0.25, 0.3) is 0 Å². The number of amides is 2. The van der Waals surface area contributed by atoms with Crippen LogP contribution in [0.25, 0.3) is 0 Å². The van der Waals surface area contributed by atoms with Gasteiger partial charge in [-0.15, -0.1) is 0 Å². The summed E-state index contributed by atoms with van der Waals surface area (Å²) in [6.07, 6.45) is 2.13. The summed E-state index contributed by atoms with van der Waals surface area (Å²) in [6.45, 7) is 5.88. The standard InChI is InChI=1S/C13H24N2O3/c1-4-17-7-5-11-6-8-18-13(11)9-15(10-13)12(16)14(2)3/h11H,4-10H2,1-3H3/t11-/m1/s1. The smallest absolute Gasteiger partial charge is 0.319 e. The molecule has 0 aliphatic carbocycles. The van der Waals surface area contributed by atoms with E-state index in [0.717, 1.165) is 45.8 Å². The molecule has 2 saturated heterocycles. The maximum atomic E-state index is 11.8. The molecule has 2 fully saturated rings. The second-order valence-electron chi connectivity index (χ2n) is 5.42. The van der Waals surface area contributed by atoms with Crippen LogP contribution in [-0.4, -0.2) is 68.4 Å². The monoisotopic (exact) mass is 256 g/mol. The van der Waals surface area contributed by atoms with Crippen molar-refractivity contribution < 1.29 is 14.3 Å². The number of likely N-dealkylation sites (tertiary alicyclic amines) is 1. The molecule has 5 nitrogen and oxygen atoms in total. The summed E-state index contributed by atoms with van der Waals surface area (Å²) in [5.74, 6) is 0.537. The minimum Gasteiger partial charge on any atom is -0.382 e. The largest absolute Gasteiger partial charge is 0.382 e. The Morgan fingerprint density at radius 1 is 1.50 bits per heavy atom. The first-order chi connectivity index (χ1) is 8.59. The molecule has 2 aliphatic heterocycles. The molecule has 2 heterocycles. The Morgan fingerprint density at radius 3 is 2.83 bits per heavy atom. The molecule has 2 amide bonds. The zero-order chi connectivity index (χ0) is 13.2. The Kier molecular flexibility index (Phi) is 4.12. The molecule has 2 aliphatic rings. The Morgan fingerprint density at radius 2 is 2.22 bits per heavy atom. The highest BCUT2D eigenvalue weighted by atomic mass is 16.5. The van der Waals surface area contributed by atoms with Crippen molar-refractivity contribution in [2.24, 2.45) is 5.92 Å². The number of nitrogens with zero attached hydrogens (tertiary/aromatic N) is 2. The van der Waals surface area contributed by atoms with Crippen molar-refractivity contribution in [1.29, 1.82) is 0 Å². The van der Waals surface area contributed by atoms with Gasteiger partial charge in [-0.2, -0.15) is 0 Å². The highest BCUT2D eigenvalue weighted by molar-refractivity contribution is 5.75. The molecule has 0 aromatic heterocycles. The van der Waals surface area contributed by atoms with Crippen LogP contribution in [0.1, 0.15) is 19.8 Å². The van der Waals surface area contributed by atoms with Crippen LogP contribution >= 0.6 is 0 Å². The van der Waals surface area contributed by atoms with Crippen LogP contribution in [0.4, 0.5) is 4.79 Å². The van der Waals surface area contributed by atoms with E-state index < -0.39 is 0 Å². The molecule has 104 valence electrons. The predicted octanol–water partition coefficient (Wildman–Crippen LogP) is 1.19. The molecule has 2 rings (SSSR count). The SMILES string of the molecule is CCOCC[C@@H]1CCOC12CN(C(=O)N(C)C)C2. The summed E-state index contributed by atoms with van der Waals surface area (Å²) in [6, 6.07) is 0.0830. The van der Waals surface area contributed by atoms with E-state index in [0.29, 0.717) is 5.92 Å². The fourth-order valence-electron chi connectivity index (χ4n) is 2.93. The normalized spacial score (nSPS) is 25.3. The van der Waals surface area contributed by atoms with Crippen molar-refractivity contribution in [3.8, 4) is 0 Å². The molecule has 0 unspecified atom stereocenters. The van der Waals surface area contributed by atoms with E-state index in [-0.39, 0.29) is 11.6 Å². The summed E-state index contributed by atoms with van der Waals surface area (Å²) >= 11 is 0. The molecule has 0 saturated carbocycles. The Hall–Kier alpha value is -0.810. The maximum Gasteiger partial charge on any atom is 0.319 e. The van der Waals surface area contributed by atoms with Crippen LogP contribution in [0.2, 0.25) is 0 Å². The average Bonchev–Trinajstić information content (AvgIpc) is 2.70. The van der Waals surface area contributed by atoms with Crippen molar-refractivity contribution in [2.75, 3.05) is 47.0 Å². The van der Waals surface area contributed by atoms with Gasteiger partial charge in [-0.3, -0.25) is 0 Å². The van der Waals surface area contributed by atoms with Crippen LogP contribution in [0.3, 0.4) is 0 Å². The van der Waals surface area contributed by atoms with Gasteiger partial charge in [0.2, 0.25) is 0 Å². The van der Waals surface area contributed by atoms with Gasteiger partial charge in [0.15, 0.2) is 0 Å². The topological polar surface area (TPSA) is 42.0 Å². The lowest BCUT2D eigenvalue weighted by atomic mass is 9.79. The van der Waals surface area contributed by atoms with Crippen molar-refractivity contribution in [3.05, 3.63) is 0 Å². The van der Waals surface area contributed by atoms with E-state index in [1.54, 1.807) is 19.0 Å². The lowest BCUT2D eigenvalue weighted by Crippen LogP contribution is -2.67. The third-order valence-electron chi connectivity index (χ3n) is 3.98. The number of rotatable bonds is 4. The molecule has 0 aromatic rings. The van der Waals surface area contributed by atoms with Crippen LogP contribution in [0.5, 0.6) is 0 Å². The van der Waals surface area contributed by atoms with E-state index in [2.05, 4.69) is 0 Å². The molecular weight excluding hydrogens is 232 g/mol. The van der Waals surface area contributed by atoms with Gasteiger partial charge in [-0.05, 0) is 25.7 Å². The Bertz CT molecular complexity index is 301. The summed E-state index contributed by atoms with van der Waals surface area (Å²) in [5.41, 5.74) is -0.0806. The summed E-state index contributed by atoms with van der Waals surface area (Å²) < 4.78 is 11.3. The van der Waals surface area contributed by atoms with Gasteiger partial charge < -0.3 is 19.3 Å². The second-order valence-corrected chi connectivity index (χ2v) is 5.42. The number of carbonyl (C=O) groups excluding carboxylic acids is 1. The third-order valence-corrected chi connectivity index (χ3v) is 3.98.